The molecule has 2 heterocycles. The van der Waals surface area contributed by atoms with Crippen molar-refractivity contribution < 1.29 is 4.74 Å². The second kappa shape index (κ2) is 5.12. The van der Waals surface area contributed by atoms with Gasteiger partial charge in [-0.15, -0.1) is 11.3 Å². The molecule has 3 heteroatoms. The highest BCUT2D eigenvalue weighted by Crippen LogP contribution is 2.27. The first-order valence-electron chi connectivity index (χ1n) is 6.31. The molecule has 0 N–H and O–H groups in total. The minimum Gasteiger partial charge on any atom is -0.378 e. The number of rotatable bonds is 2. The van der Waals surface area contributed by atoms with Crippen molar-refractivity contribution in [3.63, 3.8) is 0 Å². The zero-order valence-corrected chi connectivity index (χ0v) is 11.4. The molecule has 2 aromatic rings. The Morgan fingerprint density at radius 3 is 2.39 bits per heavy atom. The smallest absolute Gasteiger partial charge is 0.0642 e. The average Bonchev–Trinajstić information content (AvgIpc) is 2.87. The lowest BCUT2D eigenvalue weighted by Gasteiger charge is -2.28. The van der Waals surface area contributed by atoms with E-state index in [1.807, 2.05) is 0 Å². The number of hydrogen-bond donors (Lipinski definition) is 0. The van der Waals surface area contributed by atoms with Crippen molar-refractivity contribution in [3.8, 4) is 11.1 Å². The van der Waals surface area contributed by atoms with Gasteiger partial charge < -0.3 is 9.64 Å². The molecular formula is C15H17NOS. The number of anilines is 1. The van der Waals surface area contributed by atoms with Crippen LogP contribution in [0.25, 0.3) is 11.1 Å². The van der Waals surface area contributed by atoms with E-state index in [4.69, 9.17) is 4.74 Å². The zero-order valence-electron chi connectivity index (χ0n) is 10.6. The minimum atomic E-state index is 0.839. The van der Waals surface area contributed by atoms with Crippen LogP contribution in [0.15, 0.2) is 35.7 Å². The van der Waals surface area contributed by atoms with Gasteiger partial charge in [-0.3, -0.25) is 0 Å². The van der Waals surface area contributed by atoms with Crippen molar-refractivity contribution in [2.24, 2.45) is 0 Å². The van der Waals surface area contributed by atoms with Crippen LogP contribution in [0.5, 0.6) is 0 Å². The van der Waals surface area contributed by atoms with Crippen LogP contribution in [-0.2, 0) is 4.74 Å². The fourth-order valence-electron chi connectivity index (χ4n) is 2.28. The quantitative estimate of drug-likeness (QED) is 0.817. The maximum Gasteiger partial charge on any atom is 0.0642 e. The largest absolute Gasteiger partial charge is 0.378 e. The normalized spacial score (nSPS) is 15.9. The van der Waals surface area contributed by atoms with Crippen molar-refractivity contribution in [2.45, 2.75) is 6.92 Å². The Balaban J connectivity index is 1.80. The van der Waals surface area contributed by atoms with Crippen LogP contribution in [0.2, 0.25) is 0 Å². The van der Waals surface area contributed by atoms with Crippen molar-refractivity contribution >= 4 is 17.0 Å². The van der Waals surface area contributed by atoms with E-state index in [-0.39, 0.29) is 0 Å². The third-order valence-corrected chi connectivity index (χ3v) is 4.17. The summed E-state index contributed by atoms with van der Waals surface area (Å²) in [6.45, 7) is 5.82. The van der Waals surface area contributed by atoms with E-state index in [1.165, 1.54) is 21.7 Å². The molecule has 1 aromatic carbocycles. The van der Waals surface area contributed by atoms with Gasteiger partial charge in [-0.25, -0.2) is 0 Å². The van der Waals surface area contributed by atoms with Crippen LogP contribution >= 0.6 is 11.3 Å². The van der Waals surface area contributed by atoms with Gasteiger partial charge in [0.1, 0.15) is 0 Å². The van der Waals surface area contributed by atoms with E-state index in [1.54, 1.807) is 11.3 Å². The Bertz CT molecular complexity index is 512. The molecule has 1 saturated heterocycles. The standard InChI is InChI=1S/C15H17NOS/c1-12-10-14(11-18-12)13-2-4-15(5-3-13)16-6-8-17-9-7-16/h2-5,10-11H,6-9H2,1H3. The Hall–Kier alpha value is -1.32. The lowest BCUT2D eigenvalue weighted by Crippen LogP contribution is -2.36. The number of ether oxygens (including phenoxy) is 1. The van der Waals surface area contributed by atoms with Gasteiger partial charge in [0.15, 0.2) is 0 Å². The topological polar surface area (TPSA) is 12.5 Å². The number of thiophene rings is 1. The summed E-state index contributed by atoms with van der Waals surface area (Å²) in [7, 11) is 0. The van der Waals surface area contributed by atoms with Crippen molar-refractivity contribution in [1.82, 2.24) is 0 Å². The highest BCUT2D eigenvalue weighted by Gasteiger charge is 2.11. The molecule has 1 aliphatic rings. The summed E-state index contributed by atoms with van der Waals surface area (Å²) in [5, 5.41) is 2.22. The molecule has 0 saturated carbocycles. The number of hydrogen-bond acceptors (Lipinski definition) is 3. The number of morpholine rings is 1. The third kappa shape index (κ3) is 2.42. The lowest BCUT2D eigenvalue weighted by molar-refractivity contribution is 0.122. The SMILES string of the molecule is Cc1cc(-c2ccc(N3CCOCC3)cc2)cs1. The zero-order chi connectivity index (χ0) is 12.4. The monoisotopic (exact) mass is 259 g/mol. The molecule has 0 amide bonds. The molecule has 0 bridgehead atoms. The Morgan fingerprint density at radius 1 is 1.06 bits per heavy atom. The fourth-order valence-corrected chi connectivity index (χ4v) is 2.99. The summed E-state index contributed by atoms with van der Waals surface area (Å²) in [6.07, 6.45) is 0. The van der Waals surface area contributed by atoms with Crippen molar-refractivity contribution in [1.29, 1.82) is 0 Å². The second-order valence-electron chi connectivity index (χ2n) is 4.59. The van der Waals surface area contributed by atoms with E-state index in [9.17, 15) is 0 Å². The molecular weight excluding hydrogens is 242 g/mol. The first-order chi connectivity index (χ1) is 8.83. The molecule has 2 nitrogen and oxygen atoms in total. The summed E-state index contributed by atoms with van der Waals surface area (Å²) in [5.74, 6) is 0. The van der Waals surface area contributed by atoms with Gasteiger partial charge in [-0.2, -0.15) is 0 Å². The molecule has 3 rings (SSSR count). The maximum absolute atomic E-state index is 5.38. The molecule has 1 aliphatic heterocycles. The minimum absolute atomic E-state index is 0.839. The fraction of sp³-hybridized carbons (Fsp3) is 0.333. The van der Waals surface area contributed by atoms with E-state index in [0.29, 0.717) is 0 Å². The van der Waals surface area contributed by atoms with E-state index in [2.05, 4.69) is 47.5 Å². The summed E-state index contributed by atoms with van der Waals surface area (Å²) >= 11 is 1.80. The van der Waals surface area contributed by atoms with Crippen LogP contribution in [0.1, 0.15) is 4.88 Å². The lowest BCUT2D eigenvalue weighted by atomic mass is 10.1. The van der Waals surface area contributed by atoms with Crippen LogP contribution in [0.4, 0.5) is 5.69 Å². The predicted octanol–water partition coefficient (Wildman–Crippen LogP) is 3.56. The molecule has 0 atom stereocenters. The van der Waals surface area contributed by atoms with Crippen LogP contribution in [-0.4, -0.2) is 26.3 Å². The summed E-state index contributed by atoms with van der Waals surface area (Å²) in [5.41, 5.74) is 3.93. The number of nitrogens with zero attached hydrogens (tertiary/aromatic N) is 1. The Morgan fingerprint density at radius 2 is 1.78 bits per heavy atom. The van der Waals surface area contributed by atoms with Gasteiger partial charge in [0.25, 0.3) is 0 Å². The average molecular weight is 259 g/mol. The van der Waals surface area contributed by atoms with Crippen molar-refractivity contribution in [2.75, 3.05) is 31.2 Å². The predicted molar refractivity (Wildman–Crippen MR) is 77.5 cm³/mol. The van der Waals surface area contributed by atoms with E-state index >= 15 is 0 Å². The molecule has 0 aliphatic carbocycles. The van der Waals surface area contributed by atoms with E-state index < -0.39 is 0 Å². The van der Waals surface area contributed by atoms with E-state index in [0.717, 1.165) is 26.3 Å². The second-order valence-corrected chi connectivity index (χ2v) is 5.71. The van der Waals surface area contributed by atoms with Gasteiger partial charge >= 0.3 is 0 Å². The molecule has 0 spiro atoms. The number of aryl methyl sites for hydroxylation is 1. The highest BCUT2D eigenvalue weighted by molar-refractivity contribution is 7.10. The maximum atomic E-state index is 5.38. The Labute approximate surface area is 112 Å². The van der Waals surface area contributed by atoms with Crippen LogP contribution in [0, 0.1) is 6.92 Å². The number of benzene rings is 1. The summed E-state index contributed by atoms with van der Waals surface area (Å²) in [4.78, 5) is 3.74. The first-order valence-corrected chi connectivity index (χ1v) is 7.19. The summed E-state index contributed by atoms with van der Waals surface area (Å²) in [6, 6.07) is 11.1. The van der Waals surface area contributed by atoms with Crippen molar-refractivity contribution in [3.05, 3.63) is 40.6 Å². The van der Waals surface area contributed by atoms with Gasteiger partial charge in [0.05, 0.1) is 13.2 Å². The molecule has 0 radical (unpaired) electrons. The molecule has 94 valence electrons. The first kappa shape index (κ1) is 11.8. The molecule has 1 aromatic heterocycles. The Kier molecular flexibility index (Phi) is 3.35. The third-order valence-electron chi connectivity index (χ3n) is 3.31. The molecule has 1 fully saturated rings. The molecule has 18 heavy (non-hydrogen) atoms. The van der Waals surface area contributed by atoms with Gasteiger partial charge in [0.2, 0.25) is 0 Å². The van der Waals surface area contributed by atoms with Gasteiger partial charge in [0, 0.05) is 23.7 Å². The highest BCUT2D eigenvalue weighted by atomic mass is 32.1. The van der Waals surface area contributed by atoms with Gasteiger partial charge in [-0.1, -0.05) is 12.1 Å². The van der Waals surface area contributed by atoms with Crippen LogP contribution < -0.4 is 4.90 Å². The molecule has 0 unspecified atom stereocenters. The van der Waals surface area contributed by atoms with Crippen LogP contribution in [0.3, 0.4) is 0 Å². The summed E-state index contributed by atoms with van der Waals surface area (Å²) < 4.78 is 5.38. The van der Waals surface area contributed by atoms with Gasteiger partial charge in [-0.05, 0) is 41.6 Å².